The molecule has 1 aliphatic rings. The highest BCUT2D eigenvalue weighted by Crippen LogP contribution is 2.15. The van der Waals surface area contributed by atoms with Crippen molar-refractivity contribution in [1.29, 1.82) is 0 Å². The molecule has 0 heterocycles. The Morgan fingerprint density at radius 1 is 0.882 bits per heavy atom. The molecule has 0 spiro atoms. The number of hydrogen-bond donors (Lipinski definition) is 1. The summed E-state index contributed by atoms with van der Waals surface area (Å²) < 4.78 is 29.6. The summed E-state index contributed by atoms with van der Waals surface area (Å²) in [6, 6.07) is 5.99. The van der Waals surface area contributed by atoms with Crippen molar-refractivity contribution in [2.45, 2.75) is 50.3 Å². The van der Waals surface area contributed by atoms with E-state index in [9.17, 15) is 8.42 Å². The van der Waals surface area contributed by atoms with Gasteiger partial charge in [-0.05, 0) is 19.1 Å². The van der Waals surface area contributed by atoms with Crippen molar-refractivity contribution in [2.24, 2.45) is 0 Å². The Balaban J connectivity index is 0.000000202. The van der Waals surface area contributed by atoms with Crippen LogP contribution in [0, 0.1) is 6.92 Å². The molecule has 1 N–H and O–H groups in total. The summed E-state index contributed by atoms with van der Waals surface area (Å²) in [5.41, 5.74) is 0.956. The summed E-state index contributed by atoms with van der Waals surface area (Å²) in [5, 5.41) is 0. The summed E-state index contributed by atoms with van der Waals surface area (Å²) >= 11 is 0. The van der Waals surface area contributed by atoms with Gasteiger partial charge < -0.3 is 0 Å². The topological polar surface area (TPSA) is 54.4 Å². The van der Waals surface area contributed by atoms with Gasteiger partial charge in [-0.2, -0.15) is 8.42 Å². The van der Waals surface area contributed by atoms with Crippen molar-refractivity contribution in [3.05, 3.63) is 29.8 Å². The lowest BCUT2D eigenvalue weighted by molar-refractivity contribution is 0.483. The fourth-order valence-corrected chi connectivity index (χ4v) is 2.25. The van der Waals surface area contributed by atoms with Crippen LogP contribution in [0.2, 0.25) is 0 Å². The van der Waals surface area contributed by atoms with Crippen molar-refractivity contribution >= 4 is 10.1 Å². The van der Waals surface area contributed by atoms with Gasteiger partial charge in [-0.1, -0.05) is 56.2 Å². The summed E-state index contributed by atoms with van der Waals surface area (Å²) in [4.78, 5) is -0.0666. The maximum atomic E-state index is 10.5. The number of aryl methyl sites for hydroxylation is 1. The van der Waals surface area contributed by atoms with Gasteiger partial charge in [0, 0.05) is 0 Å². The first-order valence-corrected chi connectivity index (χ1v) is 7.48. The average molecular weight is 256 g/mol. The number of hydrogen-bond acceptors (Lipinski definition) is 2. The van der Waals surface area contributed by atoms with Crippen LogP contribution in [0.3, 0.4) is 0 Å². The molecule has 4 heteroatoms. The molecule has 0 radical (unpaired) electrons. The van der Waals surface area contributed by atoms with Gasteiger partial charge in [0.05, 0.1) is 4.90 Å². The summed E-state index contributed by atoms with van der Waals surface area (Å²) in [7, 11) is -4.02. The molecule has 1 fully saturated rings. The normalized spacial score (nSPS) is 15.9. The monoisotopic (exact) mass is 256 g/mol. The standard InChI is InChI=1S/C7H8O3S.C6H12/c1-6-2-4-7(5-3-6)11(8,9)10;1-2-4-6-5-3-1/h2-5H,1H3,(H,8,9,10);1-6H2. The van der Waals surface area contributed by atoms with Crippen molar-refractivity contribution in [1.82, 2.24) is 0 Å². The zero-order valence-corrected chi connectivity index (χ0v) is 11.0. The van der Waals surface area contributed by atoms with Gasteiger partial charge in [0.25, 0.3) is 10.1 Å². The predicted molar refractivity (Wildman–Crippen MR) is 68.7 cm³/mol. The SMILES string of the molecule is C1CCCCC1.Cc1ccc(S(=O)(=O)O)cc1. The molecule has 3 nitrogen and oxygen atoms in total. The van der Waals surface area contributed by atoms with E-state index in [4.69, 9.17) is 4.55 Å². The highest BCUT2D eigenvalue weighted by Gasteiger charge is 2.06. The third kappa shape index (κ3) is 5.84. The quantitative estimate of drug-likeness (QED) is 0.781. The van der Waals surface area contributed by atoms with Gasteiger partial charge in [-0.3, -0.25) is 4.55 Å². The zero-order chi connectivity index (χ0) is 12.7. The zero-order valence-electron chi connectivity index (χ0n) is 10.2. The molecule has 1 aliphatic carbocycles. The van der Waals surface area contributed by atoms with Gasteiger partial charge in [-0.15, -0.1) is 0 Å². The summed E-state index contributed by atoms with van der Waals surface area (Å²) in [6.07, 6.45) is 9.00. The fourth-order valence-electron chi connectivity index (χ4n) is 1.77. The van der Waals surface area contributed by atoms with Crippen molar-refractivity contribution < 1.29 is 13.0 Å². The molecule has 2 rings (SSSR count). The van der Waals surface area contributed by atoms with Crippen LogP contribution in [0.15, 0.2) is 29.2 Å². The molecule has 96 valence electrons. The molecular formula is C13H20O3S. The third-order valence-electron chi connectivity index (χ3n) is 2.82. The van der Waals surface area contributed by atoms with Crippen LogP contribution < -0.4 is 0 Å². The highest BCUT2D eigenvalue weighted by molar-refractivity contribution is 7.85. The van der Waals surface area contributed by atoms with E-state index >= 15 is 0 Å². The van der Waals surface area contributed by atoms with Crippen LogP contribution >= 0.6 is 0 Å². The molecule has 1 aromatic rings. The molecule has 0 aliphatic heterocycles. The Morgan fingerprint density at radius 2 is 1.24 bits per heavy atom. The largest absolute Gasteiger partial charge is 0.294 e. The molecule has 0 bridgehead atoms. The van der Waals surface area contributed by atoms with E-state index in [1.165, 1.54) is 50.7 Å². The van der Waals surface area contributed by atoms with E-state index in [2.05, 4.69) is 0 Å². The van der Waals surface area contributed by atoms with E-state index in [0.29, 0.717) is 0 Å². The molecule has 1 aromatic carbocycles. The van der Waals surface area contributed by atoms with Gasteiger partial charge in [0.1, 0.15) is 0 Å². The highest BCUT2D eigenvalue weighted by atomic mass is 32.2. The lowest BCUT2D eigenvalue weighted by Gasteiger charge is -2.05. The van der Waals surface area contributed by atoms with E-state index in [0.717, 1.165) is 5.56 Å². The van der Waals surface area contributed by atoms with Crippen LogP contribution in [0.5, 0.6) is 0 Å². The Labute approximate surface area is 104 Å². The van der Waals surface area contributed by atoms with Crippen LogP contribution in [0.1, 0.15) is 44.1 Å². The first-order chi connectivity index (χ1) is 8.00. The van der Waals surface area contributed by atoms with Crippen LogP contribution in [-0.2, 0) is 10.1 Å². The first-order valence-electron chi connectivity index (χ1n) is 6.04. The first kappa shape index (κ1) is 14.2. The van der Waals surface area contributed by atoms with Gasteiger partial charge >= 0.3 is 0 Å². The lowest BCUT2D eigenvalue weighted by Crippen LogP contribution is -1.96. The van der Waals surface area contributed by atoms with E-state index < -0.39 is 10.1 Å². The van der Waals surface area contributed by atoms with Crippen LogP contribution in [0.25, 0.3) is 0 Å². The number of benzene rings is 1. The Hall–Kier alpha value is -0.870. The Morgan fingerprint density at radius 3 is 1.53 bits per heavy atom. The number of rotatable bonds is 1. The minimum atomic E-state index is -4.02. The Bertz CT molecular complexity index is 405. The van der Waals surface area contributed by atoms with E-state index in [-0.39, 0.29) is 4.90 Å². The molecular weight excluding hydrogens is 236 g/mol. The van der Waals surface area contributed by atoms with Gasteiger partial charge in [0.15, 0.2) is 0 Å². The smallest absolute Gasteiger partial charge is 0.282 e. The summed E-state index contributed by atoms with van der Waals surface area (Å²) in [5.74, 6) is 0. The second kappa shape index (κ2) is 6.77. The second-order valence-electron chi connectivity index (χ2n) is 4.41. The minimum absolute atomic E-state index is 0.0666. The second-order valence-corrected chi connectivity index (χ2v) is 5.83. The minimum Gasteiger partial charge on any atom is -0.282 e. The molecule has 0 atom stereocenters. The fraction of sp³-hybridized carbons (Fsp3) is 0.538. The van der Waals surface area contributed by atoms with Crippen molar-refractivity contribution in [3.8, 4) is 0 Å². The maximum Gasteiger partial charge on any atom is 0.294 e. The summed E-state index contributed by atoms with van der Waals surface area (Å²) in [6.45, 7) is 1.84. The molecule has 0 aromatic heterocycles. The van der Waals surface area contributed by atoms with Crippen molar-refractivity contribution in [3.63, 3.8) is 0 Å². The molecule has 1 saturated carbocycles. The van der Waals surface area contributed by atoms with E-state index in [1.54, 1.807) is 12.1 Å². The maximum absolute atomic E-state index is 10.5. The van der Waals surface area contributed by atoms with Crippen molar-refractivity contribution in [2.75, 3.05) is 0 Å². The van der Waals surface area contributed by atoms with Gasteiger partial charge in [-0.25, -0.2) is 0 Å². The third-order valence-corrected chi connectivity index (χ3v) is 3.69. The Kier molecular flexibility index (Phi) is 5.65. The lowest BCUT2D eigenvalue weighted by atomic mass is 10.0. The molecule has 0 unspecified atom stereocenters. The van der Waals surface area contributed by atoms with Crippen LogP contribution in [-0.4, -0.2) is 13.0 Å². The molecule has 0 saturated heterocycles. The van der Waals surface area contributed by atoms with E-state index in [1.807, 2.05) is 6.92 Å². The van der Waals surface area contributed by atoms with Gasteiger partial charge in [0.2, 0.25) is 0 Å². The predicted octanol–water partition coefficient (Wildman–Crippen LogP) is 3.58. The molecule has 17 heavy (non-hydrogen) atoms. The average Bonchev–Trinajstić information content (AvgIpc) is 2.31. The molecule has 0 amide bonds. The van der Waals surface area contributed by atoms with Crippen LogP contribution in [0.4, 0.5) is 0 Å².